The Kier molecular flexibility index (Phi) is 9.91. The van der Waals surface area contributed by atoms with Crippen molar-refractivity contribution in [2.45, 2.75) is 13.5 Å². The lowest BCUT2D eigenvalue weighted by Gasteiger charge is -2.37. The maximum Gasteiger partial charge on any atom is 0.169 e. The van der Waals surface area contributed by atoms with Crippen LogP contribution in [-0.2, 0) is 11.3 Å². The second kappa shape index (κ2) is 13.5. The van der Waals surface area contributed by atoms with Crippen LogP contribution in [0.3, 0.4) is 0 Å². The fraction of sp³-hybridized carbons (Fsp3) is 0.538. The highest BCUT2D eigenvalue weighted by molar-refractivity contribution is 7.80. The Labute approximate surface area is 230 Å². The predicted octanol–water partition coefficient (Wildman–Crippen LogP) is 1.56. The van der Waals surface area contributed by atoms with Gasteiger partial charge in [0.2, 0.25) is 0 Å². The normalized spacial score (nSPS) is 16.2. The van der Waals surface area contributed by atoms with Crippen molar-refractivity contribution in [3.63, 3.8) is 0 Å². The highest BCUT2D eigenvalue weighted by Crippen LogP contribution is 2.34. The number of rotatable bonds is 9. The Morgan fingerprint density at radius 3 is 2.45 bits per heavy atom. The van der Waals surface area contributed by atoms with Gasteiger partial charge in [-0.1, -0.05) is 0 Å². The zero-order valence-corrected chi connectivity index (χ0v) is 23.3. The molecule has 0 amide bonds. The topological polar surface area (TPSA) is 111 Å². The zero-order chi connectivity index (χ0) is 26.9. The van der Waals surface area contributed by atoms with Crippen LogP contribution in [-0.4, -0.2) is 115 Å². The maximum atomic E-state index is 8.96. The number of aromatic nitrogens is 2. The van der Waals surface area contributed by atoms with Gasteiger partial charge in [0.25, 0.3) is 0 Å². The summed E-state index contributed by atoms with van der Waals surface area (Å²) in [6.45, 7) is 10.1. The number of methoxy groups -OCH3 is 1. The van der Waals surface area contributed by atoms with Gasteiger partial charge in [0.1, 0.15) is 12.4 Å². The molecule has 0 atom stereocenters. The Bertz CT molecular complexity index is 1090. The van der Waals surface area contributed by atoms with Crippen LogP contribution in [0.25, 0.3) is 0 Å². The minimum Gasteiger partial charge on any atom is -0.493 e. The van der Waals surface area contributed by atoms with Crippen LogP contribution >= 0.6 is 12.2 Å². The van der Waals surface area contributed by atoms with E-state index in [1.54, 1.807) is 19.5 Å². The first-order chi connectivity index (χ1) is 18.5. The molecule has 0 unspecified atom stereocenters. The lowest BCUT2D eigenvalue weighted by atomic mass is 10.1. The standard InChI is InChI=1S/C26H38N8O3S/c1-19-16-30-20(17-29-19)18-31-26(38)34-6-4-33(5-7-34)25(27)21-14-23(35-3)24(15-22(21)28-2)37-13-10-32-8-11-36-12-9-32/h14-17,27-28H,4-13,18H2,1-3H3,(H,31,38). The summed E-state index contributed by atoms with van der Waals surface area (Å²) < 4.78 is 17.1. The number of thiocarbonyl (C=S) groups is 1. The summed E-state index contributed by atoms with van der Waals surface area (Å²) in [5.41, 5.74) is 3.34. The van der Waals surface area contributed by atoms with Gasteiger partial charge >= 0.3 is 0 Å². The summed E-state index contributed by atoms with van der Waals surface area (Å²) in [6, 6.07) is 3.81. The van der Waals surface area contributed by atoms with Crippen LogP contribution < -0.4 is 20.1 Å². The molecule has 3 N–H and O–H groups in total. The lowest BCUT2D eigenvalue weighted by molar-refractivity contribution is 0.0321. The van der Waals surface area contributed by atoms with Crippen molar-refractivity contribution in [3.05, 3.63) is 41.5 Å². The fourth-order valence-electron chi connectivity index (χ4n) is 4.44. The summed E-state index contributed by atoms with van der Waals surface area (Å²) >= 11 is 5.60. The summed E-state index contributed by atoms with van der Waals surface area (Å²) in [5, 5.41) is 16.1. The van der Waals surface area contributed by atoms with Gasteiger partial charge in [0.15, 0.2) is 16.6 Å². The van der Waals surface area contributed by atoms with Gasteiger partial charge < -0.3 is 34.6 Å². The molecule has 0 radical (unpaired) electrons. The van der Waals surface area contributed by atoms with Crippen LogP contribution in [0.4, 0.5) is 5.69 Å². The molecular formula is C26H38N8O3S. The van der Waals surface area contributed by atoms with E-state index < -0.39 is 0 Å². The van der Waals surface area contributed by atoms with E-state index in [4.69, 9.17) is 31.8 Å². The van der Waals surface area contributed by atoms with Crippen LogP contribution in [0.1, 0.15) is 17.0 Å². The quantitative estimate of drug-likeness (QED) is 0.244. The summed E-state index contributed by atoms with van der Waals surface area (Å²) in [4.78, 5) is 15.2. The van der Waals surface area contributed by atoms with Gasteiger partial charge in [-0.05, 0) is 25.2 Å². The van der Waals surface area contributed by atoms with Crippen molar-refractivity contribution in [2.24, 2.45) is 0 Å². The Hall–Kier alpha value is -3.22. The molecule has 11 nitrogen and oxygen atoms in total. The lowest BCUT2D eigenvalue weighted by Crippen LogP contribution is -2.53. The number of amidine groups is 1. The minimum absolute atomic E-state index is 0.445. The Morgan fingerprint density at radius 2 is 1.79 bits per heavy atom. The molecule has 0 saturated carbocycles. The second-order valence-electron chi connectivity index (χ2n) is 9.23. The molecule has 2 aromatic rings. The highest BCUT2D eigenvalue weighted by Gasteiger charge is 2.24. The molecule has 3 heterocycles. The number of hydrogen-bond donors (Lipinski definition) is 3. The molecule has 0 aliphatic carbocycles. The summed E-state index contributed by atoms with van der Waals surface area (Å²) in [6.07, 6.45) is 3.52. The molecule has 2 aliphatic rings. The largest absolute Gasteiger partial charge is 0.493 e. The van der Waals surface area contributed by atoms with E-state index in [0.29, 0.717) is 48.7 Å². The number of piperazine rings is 1. The second-order valence-corrected chi connectivity index (χ2v) is 9.62. The number of benzene rings is 1. The number of anilines is 1. The van der Waals surface area contributed by atoms with E-state index in [2.05, 4.69) is 35.3 Å². The summed E-state index contributed by atoms with van der Waals surface area (Å²) in [7, 11) is 3.49. The summed E-state index contributed by atoms with van der Waals surface area (Å²) in [5.74, 6) is 1.73. The Morgan fingerprint density at radius 1 is 1.05 bits per heavy atom. The molecule has 1 aromatic heterocycles. The van der Waals surface area contributed by atoms with Crippen LogP contribution in [0.15, 0.2) is 24.5 Å². The fourth-order valence-corrected chi connectivity index (χ4v) is 4.69. The third-order valence-electron chi connectivity index (χ3n) is 6.74. The monoisotopic (exact) mass is 542 g/mol. The van der Waals surface area contributed by atoms with Crippen molar-refractivity contribution >= 4 is 28.9 Å². The van der Waals surface area contributed by atoms with Gasteiger partial charge in [-0.15, -0.1) is 0 Å². The van der Waals surface area contributed by atoms with Crippen LogP contribution in [0, 0.1) is 12.3 Å². The molecule has 38 heavy (non-hydrogen) atoms. The number of ether oxygens (including phenoxy) is 3. The van der Waals surface area contributed by atoms with E-state index >= 15 is 0 Å². The van der Waals surface area contributed by atoms with Gasteiger partial charge in [-0.3, -0.25) is 20.3 Å². The van der Waals surface area contributed by atoms with E-state index in [1.165, 1.54) is 0 Å². The Balaban J connectivity index is 1.32. The molecule has 1 aromatic carbocycles. The molecule has 206 valence electrons. The number of aryl methyl sites for hydroxylation is 1. The first-order valence-electron chi connectivity index (χ1n) is 13.0. The first kappa shape index (κ1) is 27.8. The minimum atomic E-state index is 0.445. The predicted molar refractivity (Wildman–Crippen MR) is 151 cm³/mol. The van der Waals surface area contributed by atoms with Crippen molar-refractivity contribution in [1.29, 1.82) is 5.41 Å². The SMILES string of the molecule is CNc1cc(OCCN2CCOCC2)c(OC)cc1C(=N)N1CCN(C(=S)NCc2cnc(C)cn2)CC1. The molecule has 2 aliphatic heterocycles. The van der Waals surface area contributed by atoms with Crippen molar-refractivity contribution in [1.82, 2.24) is 30.0 Å². The van der Waals surface area contributed by atoms with Crippen molar-refractivity contribution in [3.8, 4) is 11.5 Å². The molecular weight excluding hydrogens is 504 g/mol. The van der Waals surface area contributed by atoms with Gasteiger partial charge in [0.05, 0.1) is 44.5 Å². The number of morpholine rings is 1. The molecule has 4 rings (SSSR count). The first-order valence-corrected chi connectivity index (χ1v) is 13.4. The van der Waals surface area contributed by atoms with E-state index in [-0.39, 0.29) is 0 Å². The molecule has 0 bridgehead atoms. The van der Waals surface area contributed by atoms with E-state index in [1.807, 2.05) is 26.1 Å². The van der Waals surface area contributed by atoms with Crippen LogP contribution in [0.2, 0.25) is 0 Å². The maximum absolute atomic E-state index is 8.96. The molecule has 2 fully saturated rings. The average molecular weight is 543 g/mol. The zero-order valence-electron chi connectivity index (χ0n) is 22.5. The average Bonchev–Trinajstić information content (AvgIpc) is 2.96. The number of nitrogens with one attached hydrogen (secondary N) is 3. The van der Waals surface area contributed by atoms with Crippen molar-refractivity contribution < 1.29 is 14.2 Å². The van der Waals surface area contributed by atoms with Gasteiger partial charge in [-0.2, -0.15) is 0 Å². The van der Waals surface area contributed by atoms with Crippen LogP contribution in [0.5, 0.6) is 11.5 Å². The van der Waals surface area contributed by atoms with Gasteiger partial charge in [0, 0.05) is 76.4 Å². The molecule has 12 heteroatoms. The van der Waals surface area contributed by atoms with Gasteiger partial charge in [-0.25, -0.2) is 0 Å². The molecule has 0 spiro atoms. The third kappa shape index (κ3) is 7.21. The van der Waals surface area contributed by atoms with E-state index in [9.17, 15) is 0 Å². The highest BCUT2D eigenvalue weighted by atomic mass is 32.1. The molecule has 2 saturated heterocycles. The van der Waals surface area contributed by atoms with E-state index in [0.717, 1.165) is 68.6 Å². The third-order valence-corrected chi connectivity index (χ3v) is 7.14. The number of hydrogen-bond acceptors (Lipinski definition) is 9. The number of nitrogens with zero attached hydrogens (tertiary/aromatic N) is 5. The smallest absolute Gasteiger partial charge is 0.169 e. The van der Waals surface area contributed by atoms with Crippen molar-refractivity contribution in [2.75, 3.05) is 85.1 Å².